The first-order valence-corrected chi connectivity index (χ1v) is 10.6. The van der Waals surface area contributed by atoms with Crippen molar-refractivity contribution >= 4 is 33.6 Å². The molecule has 0 fully saturated rings. The van der Waals surface area contributed by atoms with Crippen molar-refractivity contribution in [2.24, 2.45) is 0 Å². The minimum absolute atomic E-state index is 0.0610. The van der Waals surface area contributed by atoms with Gasteiger partial charge in [0.15, 0.2) is 0 Å². The molecule has 0 bridgehead atoms. The van der Waals surface area contributed by atoms with Crippen LogP contribution in [-0.4, -0.2) is 21.4 Å². The Morgan fingerprint density at radius 2 is 1.81 bits per heavy atom. The van der Waals surface area contributed by atoms with Gasteiger partial charge in [-0.1, -0.05) is 34.1 Å². The number of para-hydroxylation sites is 1. The van der Waals surface area contributed by atoms with Crippen LogP contribution >= 0.6 is 27.7 Å². The van der Waals surface area contributed by atoms with Crippen LogP contribution in [-0.2, 0) is 11.3 Å². The molecular weight excluding hydrogens is 422 g/mol. The van der Waals surface area contributed by atoms with E-state index in [9.17, 15) is 4.79 Å². The number of nitrogens with one attached hydrogen (secondary N) is 1. The van der Waals surface area contributed by atoms with Gasteiger partial charge >= 0.3 is 0 Å². The minimum atomic E-state index is 0.0610. The molecule has 4 nitrogen and oxygen atoms in total. The molecule has 0 aliphatic carbocycles. The number of aryl methyl sites for hydroxylation is 1. The van der Waals surface area contributed by atoms with Crippen LogP contribution in [0.5, 0.6) is 0 Å². The zero-order valence-corrected chi connectivity index (χ0v) is 17.8. The van der Waals surface area contributed by atoms with Crippen molar-refractivity contribution in [2.45, 2.75) is 31.7 Å². The molecule has 0 unspecified atom stereocenters. The van der Waals surface area contributed by atoms with E-state index in [0.717, 1.165) is 32.9 Å². The molecular formula is C21H22BrN3OS. The second-order valence-corrected chi connectivity index (χ2v) is 8.31. The fourth-order valence-electron chi connectivity index (χ4n) is 2.82. The second-order valence-electron chi connectivity index (χ2n) is 6.23. The molecule has 1 amide bonds. The van der Waals surface area contributed by atoms with Crippen LogP contribution in [0, 0.1) is 13.8 Å². The Labute approximate surface area is 172 Å². The maximum atomic E-state index is 12.2. The van der Waals surface area contributed by atoms with Crippen molar-refractivity contribution in [1.29, 1.82) is 0 Å². The van der Waals surface area contributed by atoms with Gasteiger partial charge in [0.2, 0.25) is 5.91 Å². The zero-order valence-electron chi connectivity index (χ0n) is 15.4. The number of halogens is 1. The van der Waals surface area contributed by atoms with Crippen molar-refractivity contribution in [1.82, 2.24) is 15.1 Å². The Hall–Kier alpha value is -2.05. The first-order chi connectivity index (χ1) is 13.0. The van der Waals surface area contributed by atoms with E-state index < -0.39 is 0 Å². The van der Waals surface area contributed by atoms with Gasteiger partial charge in [-0.3, -0.25) is 4.79 Å². The monoisotopic (exact) mass is 443 g/mol. The van der Waals surface area contributed by atoms with Crippen molar-refractivity contribution in [3.05, 3.63) is 76.0 Å². The van der Waals surface area contributed by atoms with Crippen molar-refractivity contribution < 1.29 is 4.79 Å². The van der Waals surface area contributed by atoms with Crippen LogP contribution in [0.4, 0.5) is 0 Å². The van der Waals surface area contributed by atoms with Gasteiger partial charge in [0.05, 0.1) is 11.4 Å². The van der Waals surface area contributed by atoms with Gasteiger partial charge in [-0.25, -0.2) is 4.68 Å². The highest BCUT2D eigenvalue weighted by Gasteiger charge is 2.13. The molecule has 1 heterocycles. The van der Waals surface area contributed by atoms with E-state index in [4.69, 9.17) is 0 Å². The maximum absolute atomic E-state index is 12.2. The van der Waals surface area contributed by atoms with Crippen LogP contribution in [0.25, 0.3) is 5.69 Å². The van der Waals surface area contributed by atoms with E-state index in [1.54, 1.807) is 11.8 Å². The van der Waals surface area contributed by atoms with Gasteiger partial charge in [0.25, 0.3) is 0 Å². The number of benzene rings is 2. The third-order valence-electron chi connectivity index (χ3n) is 4.32. The zero-order chi connectivity index (χ0) is 19.2. The van der Waals surface area contributed by atoms with Crippen LogP contribution in [0.1, 0.15) is 23.4 Å². The van der Waals surface area contributed by atoms with E-state index in [1.165, 1.54) is 4.90 Å². The number of aromatic nitrogens is 2. The lowest BCUT2D eigenvalue weighted by Crippen LogP contribution is -2.23. The molecule has 3 aromatic rings. The van der Waals surface area contributed by atoms with E-state index in [0.29, 0.717) is 13.0 Å². The fourth-order valence-corrected chi connectivity index (χ4v) is 3.94. The molecule has 1 aromatic heterocycles. The molecule has 0 saturated heterocycles. The third-order valence-corrected chi connectivity index (χ3v) is 5.86. The summed E-state index contributed by atoms with van der Waals surface area (Å²) in [4.78, 5) is 13.4. The smallest absolute Gasteiger partial charge is 0.221 e. The van der Waals surface area contributed by atoms with Gasteiger partial charge in [0.1, 0.15) is 0 Å². The topological polar surface area (TPSA) is 46.9 Å². The molecule has 140 valence electrons. The summed E-state index contributed by atoms with van der Waals surface area (Å²) < 4.78 is 2.99. The summed E-state index contributed by atoms with van der Waals surface area (Å²) in [7, 11) is 0. The number of hydrogen-bond acceptors (Lipinski definition) is 3. The number of thioether (sulfide) groups is 1. The SMILES string of the molecule is Cc1nn(-c2ccccc2)c(C)c1CNC(=O)CCSc1ccc(Br)cc1. The van der Waals surface area contributed by atoms with Crippen molar-refractivity contribution in [2.75, 3.05) is 5.75 Å². The Morgan fingerprint density at radius 1 is 1.11 bits per heavy atom. The lowest BCUT2D eigenvalue weighted by Gasteiger charge is -2.07. The van der Waals surface area contributed by atoms with Gasteiger partial charge < -0.3 is 5.32 Å². The van der Waals surface area contributed by atoms with Crippen LogP contribution in [0.15, 0.2) is 64.0 Å². The molecule has 0 atom stereocenters. The molecule has 2 aromatic carbocycles. The largest absolute Gasteiger partial charge is 0.352 e. The fraction of sp³-hybridized carbons (Fsp3) is 0.238. The first-order valence-electron chi connectivity index (χ1n) is 8.80. The van der Waals surface area contributed by atoms with Gasteiger partial charge in [-0.05, 0) is 50.2 Å². The lowest BCUT2D eigenvalue weighted by atomic mass is 10.2. The highest BCUT2D eigenvalue weighted by molar-refractivity contribution is 9.10. The highest BCUT2D eigenvalue weighted by atomic mass is 79.9. The molecule has 0 spiro atoms. The molecule has 6 heteroatoms. The minimum Gasteiger partial charge on any atom is -0.352 e. The van der Waals surface area contributed by atoms with E-state index in [-0.39, 0.29) is 5.91 Å². The summed E-state index contributed by atoms with van der Waals surface area (Å²) in [6, 6.07) is 18.2. The number of carbonyl (C=O) groups is 1. The summed E-state index contributed by atoms with van der Waals surface area (Å²) in [5.74, 6) is 0.820. The lowest BCUT2D eigenvalue weighted by molar-refractivity contribution is -0.120. The van der Waals surface area contributed by atoms with Crippen LogP contribution < -0.4 is 5.32 Å². The summed E-state index contributed by atoms with van der Waals surface area (Å²) in [5, 5.41) is 7.65. The normalized spacial score (nSPS) is 10.8. The second kappa shape index (κ2) is 9.24. The maximum Gasteiger partial charge on any atom is 0.221 e. The summed E-state index contributed by atoms with van der Waals surface area (Å²) in [5.41, 5.74) is 4.11. The Bertz CT molecular complexity index is 907. The summed E-state index contributed by atoms with van der Waals surface area (Å²) >= 11 is 5.12. The van der Waals surface area contributed by atoms with Crippen molar-refractivity contribution in [3.8, 4) is 5.69 Å². The van der Waals surface area contributed by atoms with E-state index >= 15 is 0 Å². The Morgan fingerprint density at radius 3 is 2.52 bits per heavy atom. The average molecular weight is 444 g/mol. The highest BCUT2D eigenvalue weighted by Crippen LogP contribution is 2.21. The van der Waals surface area contributed by atoms with Gasteiger partial charge in [-0.15, -0.1) is 11.8 Å². The first kappa shape index (κ1) is 19.7. The Balaban J connectivity index is 1.53. The summed E-state index contributed by atoms with van der Waals surface area (Å²) in [6.45, 7) is 4.53. The number of rotatable bonds is 7. The molecule has 0 aliphatic heterocycles. The molecule has 1 N–H and O–H groups in total. The Kier molecular flexibility index (Phi) is 6.74. The molecule has 0 radical (unpaired) electrons. The molecule has 27 heavy (non-hydrogen) atoms. The number of carbonyl (C=O) groups excluding carboxylic acids is 1. The summed E-state index contributed by atoms with van der Waals surface area (Å²) in [6.07, 6.45) is 0.492. The molecule has 3 rings (SSSR count). The quantitative estimate of drug-likeness (QED) is 0.519. The van der Waals surface area contributed by atoms with E-state index in [2.05, 4.69) is 38.5 Å². The predicted octanol–water partition coefficient (Wildman–Crippen LogP) is 5.05. The number of hydrogen-bond donors (Lipinski definition) is 1. The van der Waals surface area contributed by atoms with Crippen LogP contribution in [0.2, 0.25) is 0 Å². The van der Waals surface area contributed by atoms with Gasteiger partial charge in [0, 0.05) is 39.3 Å². The predicted molar refractivity (Wildman–Crippen MR) is 114 cm³/mol. The van der Waals surface area contributed by atoms with E-state index in [1.807, 2.05) is 61.0 Å². The number of nitrogens with zero attached hydrogens (tertiary/aromatic N) is 2. The van der Waals surface area contributed by atoms with Crippen LogP contribution in [0.3, 0.4) is 0 Å². The number of amides is 1. The molecule has 0 saturated carbocycles. The third kappa shape index (κ3) is 5.23. The van der Waals surface area contributed by atoms with Crippen molar-refractivity contribution in [3.63, 3.8) is 0 Å². The average Bonchev–Trinajstić information content (AvgIpc) is 2.96. The molecule has 0 aliphatic rings. The van der Waals surface area contributed by atoms with Gasteiger partial charge in [-0.2, -0.15) is 5.10 Å². The standard InChI is InChI=1S/C21H22BrN3OS/c1-15-20(16(2)25(24-15)18-6-4-3-5-7-18)14-23-21(26)12-13-27-19-10-8-17(22)9-11-19/h3-11H,12-14H2,1-2H3,(H,23,26).